The highest BCUT2D eigenvalue weighted by Gasteiger charge is 2.14. The summed E-state index contributed by atoms with van der Waals surface area (Å²) < 4.78 is 0. The van der Waals surface area contributed by atoms with Crippen LogP contribution < -0.4 is 0 Å². The summed E-state index contributed by atoms with van der Waals surface area (Å²) in [5.41, 5.74) is 1.10. The fourth-order valence-electron chi connectivity index (χ4n) is 1.81. The maximum Gasteiger partial charge on any atom is 0.166 e. The van der Waals surface area contributed by atoms with Gasteiger partial charge in [0, 0.05) is 11.4 Å². The van der Waals surface area contributed by atoms with Crippen LogP contribution in [0.1, 0.15) is 55.5 Å². The van der Waals surface area contributed by atoms with Crippen LogP contribution in [0.15, 0.2) is 12.1 Å². The summed E-state index contributed by atoms with van der Waals surface area (Å²) in [7, 11) is 0. The molecule has 0 aliphatic carbocycles. The van der Waals surface area contributed by atoms with E-state index in [0.29, 0.717) is 23.4 Å². The Morgan fingerprint density at radius 2 is 2.00 bits per heavy atom. The highest BCUT2D eigenvalue weighted by Crippen LogP contribution is 2.29. The van der Waals surface area contributed by atoms with Gasteiger partial charge in [-0.1, -0.05) is 38.3 Å². The molecule has 0 amide bonds. The third-order valence-corrected chi connectivity index (χ3v) is 3.06. The number of ketones is 1. The Balaban J connectivity index is 2.89. The summed E-state index contributed by atoms with van der Waals surface area (Å²) in [4.78, 5) is 11.9. The lowest BCUT2D eigenvalue weighted by atomic mass is 10.00. The zero-order chi connectivity index (χ0) is 12.8. The van der Waals surface area contributed by atoms with E-state index in [9.17, 15) is 9.90 Å². The second-order valence-corrected chi connectivity index (χ2v) is 4.63. The van der Waals surface area contributed by atoms with Crippen LogP contribution in [0.5, 0.6) is 5.75 Å². The molecule has 2 nitrogen and oxygen atoms in total. The molecule has 94 valence electrons. The number of phenols is 1. The molecule has 1 rings (SSSR count). The molecule has 0 atom stereocenters. The lowest BCUT2D eigenvalue weighted by Gasteiger charge is -2.08. The number of hydrogen-bond acceptors (Lipinski definition) is 2. The smallest absolute Gasteiger partial charge is 0.166 e. The minimum Gasteiger partial charge on any atom is -0.507 e. The molecule has 17 heavy (non-hydrogen) atoms. The molecular weight excluding hydrogens is 236 g/mol. The van der Waals surface area contributed by atoms with Crippen molar-refractivity contribution < 1.29 is 9.90 Å². The highest BCUT2D eigenvalue weighted by atomic mass is 35.5. The van der Waals surface area contributed by atoms with Crippen LogP contribution in [0, 0.1) is 0 Å². The minimum absolute atomic E-state index is 0.0202. The number of carbonyl (C=O) groups is 1. The Hall–Kier alpha value is -1.02. The first-order valence-electron chi connectivity index (χ1n) is 6.14. The molecule has 0 unspecified atom stereocenters. The lowest BCUT2D eigenvalue weighted by Crippen LogP contribution is -2.01. The zero-order valence-corrected chi connectivity index (χ0v) is 11.2. The summed E-state index contributed by atoms with van der Waals surface area (Å²) in [5.74, 6) is 0.0755. The Kier molecular flexibility index (Phi) is 5.49. The number of Topliss-reactive ketones (excluding diaryl/α,β-unsaturated/α-hetero) is 1. The normalized spacial score (nSPS) is 10.5. The molecule has 0 saturated heterocycles. The fraction of sp³-hybridized carbons (Fsp3) is 0.500. The topological polar surface area (TPSA) is 37.3 Å². The predicted octanol–water partition coefficient (Wildman–Crippen LogP) is 4.37. The van der Waals surface area contributed by atoms with Crippen molar-refractivity contribution in [2.45, 2.75) is 46.0 Å². The summed E-state index contributed by atoms with van der Waals surface area (Å²) in [5, 5.41) is 10.5. The average Bonchev–Trinajstić information content (AvgIpc) is 2.31. The standard InChI is InChI=1S/C14H19ClO2/c1-3-5-6-7-13(16)12-9-11(15)8-10(4-2)14(12)17/h8-9,17H,3-7H2,1-2H3. The van der Waals surface area contributed by atoms with Crippen LogP contribution in [-0.2, 0) is 6.42 Å². The molecule has 3 heteroatoms. The number of halogens is 1. The number of aryl methyl sites for hydroxylation is 1. The van der Waals surface area contributed by atoms with E-state index in [-0.39, 0.29) is 11.5 Å². The molecule has 0 aromatic heterocycles. The summed E-state index contributed by atoms with van der Waals surface area (Å²) in [6.07, 6.45) is 4.12. The largest absolute Gasteiger partial charge is 0.507 e. The molecule has 1 aromatic rings. The second-order valence-electron chi connectivity index (χ2n) is 4.19. The second kappa shape index (κ2) is 6.65. The summed E-state index contributed by atoms with van der Waals surface area (Å²) >= 11 is 5.94. The van der Waals surface area contributed by atoms with Crippen LogP contribution in [-0.4, -0.2) is 10.9 Å². The number of aromatic hydroxyl groups is 1. The van der Waals surface area contributed by atoms with Crippen molar-refractivity contribution in [1.29, 1.82) is 0 Å². The molecule has 0 spiro atoms. The van der Waals surface area contributed by atoms with Gasteiger partial charge in [-0.05, 0) is 30.5 Å². The van der Waals surface area contributed by atoms with E-state index in [1.54, 1.807) is 12.1 Å². The van der Waals surface area contributed by atoms with Crippen LogP contribution in [0.2, 0.25) is 5.02 Å². The van der Waals surface area contributed by atoms with E-state index in [1.165, 1.54) is 0 Å². The van der Waals surface area contributed by atoms with Crippen molar-refractivity contribution in [2.24, 2.45) is 0 Å². The number of rotatable bonds is 6. The van der Waals surface area contributed by atoms with Crippen molar-refractivity contribution in [2.75, 3.05) is 0 Å². The van der Waals surface area contributed by atoms with Crippen molar-refractivity contribution >= 4 is 17.4 Å². The van der Waals surface area contributed by atoms with E-state index >= 15 is 0 Å². The number of hydrogen-bond donors (Lipinski definition) is 1. The van der Waals surface area contributed by atoms with Gasteiger partial charge in [-0.25, -0.2) is 0 Å². The van der Waals surface area contributed by atoms with Crippen LogP contribution in [0.3, 0.4) is 0 Å². The van der Waals surface area contributed by atoms with Gasteiger partial charge in [-0.2, -0.15) is 0 Å². The molecule has 0 bridgehead atoms. The number of carbonyl (C=O) groups excluding carboxylic acids is 1. The Bertz CT molecular complexity index is 399. The van der Waals surface area contributed by atoms with Crippen molar-refractivity contribution in [1.82, 2.24) is 0 Å². The van der Waals surface area contributed by atoms with E-state index in [1.807, 2.05) is 6.92 Å². The minimum atomic E-state index is -0.0202. The van der Waals surface area contributed by atoms with Crippen molar-refractivity contribution in [3.8, 4) is 5.75 Å². The summed E-state index contributed by atoms with van der Waals surface area (Å²) in [6.45, 7) is 4.02. The Labute approximate surface area is 108 Å². The maximum absolute atomic E-state index is 11.9. The van der Waals surface area contributed by atoms with Gasteiger partial charge in [0.05, 0.1) is 5.56 Å². The molecular formula is C14H19ClO2. The third-order valence-electron chi connectivity index (χ3n) is 2.84. The molecule has 0 fully saturated rings. The first kappa shape index (κ1) is 14.0. The van der Waals surface area contributed by atoms with Crippen LogP contribution >= 0.6 is 11.6 Å². The van der Waals surface area contributed by atoms with Crippen LogP contribution in [0.4, 0.5) is 0 Å². The Morgan fingerprint density at radius 1 is 1.29 bits per heavy atom. The molecule has 0 aliphatic rings. The molecule has 0 saturated carbocycles. The van der Waals surface area contributed by atoms with Gasteiger partial charge in [0.15, 0.2) is 5.78 Å². The molecule has 0 aliphatic heterocycles. The summed E-state index contributed by atoms with van der Waals surface area (Å²) in [6, 6.07) is 3.27. The third kappa shape index (κ3) is 3.74. The van der Waals surface area contributed by atoms with E-state index in [4.69, 9.17) is 11.6 Å². The quantitative estimate of drug-likeness (QED) is 0.605. The first-order valence-corrected chi connectivity index (χ1v) is 6.52. The zero-order valence-electron chi connectivity index (χ0n) is 10.4. The first-order chi connectivity index (χ1) is 8.10. The van der Waals surface area contributed by atoms with Gasteiger partial charge >= 0.3 is 0 Å². The average molecular weight is 255 g/mol. The van der Waals surface area contributed by atoms with Gasteiger partial charge in [0.2, 0.25) is 0 Å². The number of unbranched alkanes of at least 4 members (excludes halogenated alkanes) is 2. The van der Waals surface area contributed by atoms with Crippen molar-refractivity contribution in [3.63, 3.8) is 0 Å². The van der Waals surface area contributed by atoms with Crippen LogP contribution in [0.25, 0.3) is 0 Å². The SMILES string of the molecule is CCCCCC(=O)c1cc(Cl)cc(CC)c1O. The molecule has 0 radical (unpaired) electrons. The number of phenolic OH excluding ortho intramolecular Hbond substituents is 1. The van der Waals surface area contributed by atoms with E-state index in [2.05, 4.69) is 6.92 Å². The van der Waals surface area contributed by atoms with E-state index < -0.39 is 0 Å². The fourth-order valence-corrected chi connectivity index (χ4v) is 2.05. The highest BCUT2D eigenvalue weighted by molar-refractivity contribution is 6.31. The van der Waals surface area contributed by atoms with Gasteiger partial charge in [0.1, 0.15) is 5.75 Å². The van der Waals surface area contributed by atoms with Gasteiger partial charge in [0.25, 0.3) is 0 Å². The predicted molar refractivity (Wildman–Crippen MR) is 71.0 cm³/mol. The van der Waals surface area contributed by atoms with Gasteiger partial charge in [-0.15, -0.1) is 0 Å². The Morgan fingerprint density at radius 3 is 2.59 bits per heavy atom. The monoisotopic (exact) mass is 254 g/mol. The van der Waals surface area contributed by atoms with Crippen molar-refractivity contribution in [3.05, 3.63) is 28.3 Å². The van der Waals surface area contributed by atoms with E-state index in [0.717, 1.165) is 24.8 Å². The maximum atomic E-state index is 11.9. The molecule has 1 N–H and O–H groups in total. The number of benzene rings is 1. The lowest BCUT2D eigenvalue weighted by molar-refractivity contribution is 0.0976. The molecule has 1 aromatic carbocycles. The molecule has 0 heterocycles. The van der Waals surface area contributed by atoms with Gasteiger partial charge in [-0.3, -0.25) is 4.79 Å². The van der Waals surface area contributed by atoms with Gasteiger partial charge < -0.3 is 5.11 Å².